The van der Waals surface area contributed by atoms with Crippen LogP contribution in [0.1, 0.15) is 12.6 Å². The fourth-order valence-corrected chi connectivity index (χ4v) is 1.34. The second-order valence-electron chi connectivity index (χ2n) is 2.78. The topological polar surface area (TPSA) is 44.2 Å². The third kappa shape index (κ3) is 2.23. The zero-order chi connectivity index (χ0) is 10.6. The van der Waals surface area contributed by atoms with Gasteiger partial charge < -0.3 is 9.47 Å². The van der Waals surface area contributed by atoms with Gasteiger partial charge in [-0.2, -0.15) is 0 Å². The molecule has 78 valence electrons. The number of hydrogen-bond donors (Lipinski definition) is 0. The van der Waals surface area contributed by atoms with Crippen molar-refractivity contribution in [2.75, 3.05) is 20.5 Å². The summed E-state index contributed by atoms with van der Waals surface area (Å²) in [5.74, 6) is -0.798. The van der Waals surface area contributed by atoms with E-state index in [1.807, 2.05) is 13.2 Å². The van der Waals surface area contributed by atoms with Gasteiger partial charge in [0.2, 0.25) is 5.79 Å². The molecule has 0 spiro atoms. The number of aromatic nitrogens is 2. The molecule has 1 rings (SSSR count). The minimum absolute atomic E-state index is 0.711. The molecule has 0 bridgehead atoms. The van der Waals surface area contributed by atoms with E-state index in [0.29, 0.717) is 5.16 Å². The molecule has 1 heterocycles. The molecule has 0 aliphatic carbocycles. The van der Waals surface area contributed by atoms with Gasteiger partial charge in [-0.3, -0.25) is 0 Å². The van der Waals surface area contributed by atoms with Crippen molar-refractivity contribution in [2.45, 2.75) is 17.9 Å². The second kappa shape index (κ2) is 4.72. The van der Waals surface area contributed by atoms with Gasteiger partial charge in [-0.05, 0) is 19.2 Å². The molecule has 0 atom stereocenters. The molecular formula is C9H14N2O2S. The Bertz CT molecular complexity index is 303. The van der Waals surface area contributed by atoms with Gasteiger partial charge in [0.25, 0.3) is 0 Å². The highest BCUT2D eigenvalue weighted by Crippen LogP contribution is 2.24. The normalized spacial score (nSPS) is 11.7. The summed E-state index contributed by atoms with van der Waals surface area (Å²) in [6, 6.07) is 1.78. The van der Waals surface area contributed by atoms with E-state index in [4.69, 9.17) is 9.47 Å². The van der Waals surface area contributed by atoms with Crippen LogP contribution in [-0.4, -0.2) is 30.4 Å². The molecule has 1 aromatic heterocycles. The van der Waals surface area contributed by atoms with Crippen molar-refractivity contribution < 1.29 is 9.47 Å². The molecule has 0 amide bonds. The van der Waals surface area contributed by atoms with E-state index in [1.54, 1.807) is 26.5 Å². The van der Waals surface area contributed by atoms with Gasteiger partial charge in [-0.25, -0.2) is 9.97 Å². The third-order valence-electron chi connectivity index (χ3n) is 2.06. The smallest absolute Gasteiger partial charge is 0.208 e. The van der Waals surface area contributed by atoms with Gasteiger partial charge in [0.15, 0.2) is 5.16 Å². The summed E-state index contributed by atoms with van der Waals surface area (Å²) >= 11 is 1.49. The molecule has 4 nitrogen and oxygen atoms in total. The van der Waals surface area contributed by atoms with Crippen LogP contribution in [0.4, 0.5) is 0 Å². The monoisotopic (exact) mass is 214 g/mol. The lowest BCUT2D eigenvalue weighted by molar-refractivity contribution is -0.204. The van der Waals surface area contributed by atoms with E-state index in [9.17, 15) is 0 Å². The molecule has 0 saturated heterocycles. The van der Waals surface area contributed by atoms with Crippen molar-refractivity contribution >= 4 is 11.8 Å². The van der Waals surface area contributed by atoms with Gasteiger partial charge in [-0.1, -0.05) is 11.8 Å². The van der Waals surface area contributed by atoms with E-state index in [1.165, 1.54) is 11.8 Å². The van der Waals surface area contributed by atoms with Crippen molar-refractivity contribution in [3.8, 4) is 0 Å². The first-order valence-electron chi connectivity index (χ1n) is 4.14. The van der Waals surface area contributed by atoms with Crippen molar-refractivity contribution in [1.82, 2.24) is 9.97 Å². The maximum atomic E-state index is 5.25. The van der Waals surface area contributed by atoms with E-state index < -0.39 is 5.79 Å². The van der Waals surface area contributed by atoms with E-state index >= 15 is 0 Å². The average Bonchev–Trinajstić information content (AvgIpc) is 2.28. The maximum Gasteiger partial charge on any atom is 0.208 e. The number of nitrogens with zero attached hydrogens (tertiary/aromatic N) is 2. The second-order valence-corrected chi connectivity index (χ2v) is 3.56. The van der Waals surface area contributed by atoms with Crippen molar-refractivity contribution in [3.05, 3.63) is 18.0 Å². The molecule has 0 aliphatic rings. The summed E-state index contributed by atoms with van der Waals surface area (Å²) in [4.78, 5) is 8.39. The fraction of sp³-hybridized carbons (Fsp3) is 0.556. The highest BCUT2D eigenvalue weighted by Gasteiger charge is 2.27. The first-order valence-corrected chi connectivity index (χ1v) is 5.36. The molecule has 0 fully saturated rings. The predicted molar refractivity (Wildman–Crippen MR) is 55.2 cm³/mol. The highest BCUT2D eigenvalue weighted by atomic mass is 32.2. The summed E-state index contributed by atoms with van der Waals surface area (Å²) in [5.41, 5.74) is 0.724. The molecule has 0 unspecified atom stereocenters. The zero-order valence-corrected chi connectivity index (χ0v) is 9.59. The summed E-state index contributed by atoms with van der Waals surface area (Å²) in [7, 11) is 3.18. The number of methoxy groups -OCH3 is 2. The van der Waals surface area contributed by atoms with Crippen molar-refractivity contribution in [1.29, 1.82) is 0 Å². The van der Waals surface area contributed by atoms with Gasteiger partial charge >= 0.3 is 0 Å². The minimum Gasteiger partial charge on any atom is -0.348 e. The Hall–Kier alpha value is -0.650. The molecule has 0 saturated carbocycles. The number of rotatable bonds is 4. The lowest BCUT2D eigenvalue weighted by Crippen LogP contribution is -2.28. The van der Waals surface area contributed by atoms with Crippen LogP contribution in [0.3, 0.4) is 0 Å². The van der Waals surface area contributed by atoms with Gasteiger partial charge in [-0.15, -0.1) is 0 Å². The van der Waals surface area contributed by atoms with Gasteiger partial charge in [0, 0.05) is 20.4 Å². The maximum absolute atomic E-state index is 5.25. The Morgan fingerprint density at radius 2 is 2.00 bits per heavy atom. The van der Waals surface area contributed by atoms with E-state index in [0.717, 1.165) is 5.69 Å². The van der Waals surface area contributed by atoms with Gasteiger partial charge in [0.1, 0.15) is 5.69 Å². The molecule has 0 aromatic carbocycles. The summed E-state index contributed by atoms with van der Waals surface area (Å²) in [6.07, 6.45) is 3.63. The number of hydrogen-bond acceptors (Lipinski definition) is 5. The van der Waals surface area contributed by atoms with Crippen molar-refractivity contribution in [2.24, 2.45) is 0 Å². The average molecular weight is 214 g/mol. The third-order valence-corrected chi connectivity index (χ3v) is 2.62. The first-order chi connectivity index (χ1) is 6.66. The lowest BCUT2D eigenvalue weighted by Gasteiger charge is -2.25. The summed E-state index contributed by atoms with van der Waals surface area (Å²) in [5, 5.41) is 0.711. The minimum atomic E-state index is -0.798. The van der Waals surface area contributed by atoms with E-state index in [-0.39, 0.29) is 0 Å². The van der Waals surface area contributed by atoms with Crippen LogP contribution in [0.5, 0.6) is 0 Å². The van der Waals surface area contributed by atoms with Crippen LogP contribution in [0.15, 0.2) is 17.4 Å². The Kier molecular flexibility index (Phi) is 3.86. The standard InChI is InChI=1S/C9H14N2O2S/c1-9(12-2,13-3)7-5-6-10-8(11-7)14-4/h5-6H,1-4H3. The lowest BCUT2D eigenvalue weighted by atomic mass is 10.2. The molecule has 0 aliphatic heterocycles. The Balaban J connectivity index is 3.04. The van der Waals surface area contributed by atoms with E-state index in [2.05, 4.69) is 9.97 Å². The summed E-state index contributed by atoms with van der Waals surface area (Å²) in [6.45, 7) is 1.82. The SMILES string of the molecule is COC(C)(OC)c1ccnc(SC)n1. The van der Waals surface area contributed by atoms with Crippen LogP contribution in [0.25, 0.3) is 0 Å². The predicted octanol–water partition coefficient (Wildman–Crippen LogP) is 1.66. The zero-order valence-electron chi connectivity index (χ0n) is 8.77. The summed E-state index contributed by atoms with van der Waals surface area (Å²) < 4.78 is 10.5. The first kappa shape index (κ1) is 11.4. The van der Waals surface area contributed by atoms with Gasteiger partial charge in [0.05, 0.1) is 0 Å². The quantitative estimate of drug-likeness (QED) is 0.433. The molecule has 0 radical (unpaired) electrons. The fourth-order valence-electron chi connectivity index (χ4n) is 0.985. The van der Waals surface area contributed by atoms with Crippen LogP contribution >= 0.6 is 11.8 Å². The molecule has 0 N–H and O–H groups in total. The Morgan fingerprint density at radius 1 is 1.36 bits per heavy atom. The number of thioether (sulfide) groups is 1. The Morgan fingerprint density at radius 3 is 2.50 bits per heavy atom. The van der Waals surface area contributed by atoms with Crippen molar-refractivity contribution in [3.63, 3.8) is 0 Å². The van der Waals surface area contributed by atoms with Crippen LogP contribution in [0.2, 0.25) is 0 Å². The number of ether oxygens (including phenoxy) is 2. The molecule has 14 heavy (non-hydrogen) atoms. The Labute approximate surface area is 88.0 Å². The molecule has 5 heteroatoms. The van der Waals surface area contributed by atoms with Crippen LogP contribution in [0, 0.1) is 0 Å². The van der Waals surface area contributed by atoms with Crippen LogP contribution < -0.4 is 0 Å². The molecular weight excluding hydrogens is 200 g/mol. The highest BCUT2D eigenvalue weighted by molar-refractivity contribution is 7.98. The largest absolute Gasteiger partial charge is 0.348 e. The molecule has 1 aromatic rings. The van der Waals surface area contributed by atoms with Crippen LogP contribution in [-0.2, 0) is 15.3 Å².